The van der Waals surface area contributed by atoms with Crippen LogP contribution in [0.15, 0.2) is 30.6 Å². The number of aryl methyl sites for hydroxylation is 1. The van der Waals surface area contributed by atoms with Crippen LogP contribution in [0.25, 0.3) is 0 Å². The fourth-order valence-corrected chi connectivity index (χ4v) is 4.09. The lowest BCUT2D eigenvalue weighted by Crippen LogP contribution is -2.38. The molecule has 3 amide bonds. The fourth-order valence-electron chi connectivity index (χ4n) is 4.09. The second-order valence-electron chi connectivity index (χ2n) is 7.39. The van der Waals surface area contributed by atoms with Crippen LogP contribution >= 0.6 is 0 Å². The van der Waals surface area contributed by atoms with Gasteiger partial charge in [0.1, 0.15) is 0 Å². The molecule has 0 saturated carbocycles. The van der Waals surface area contributed by atoms with Crippen molar-refractivity contribution in [2.24, 2.45) is 13.0 Å². The van der Waals surface area contributed by atoms with Gasteiger partial charge in [-0.3, -0.25) is 14.4 Å². The van der Waals surface area contributed by atoms with Gasteiger partial charge in [-0.05, 0) is 36.6 Å². The molecule has 0 radical (unpaired) electrons. The van der Waals surface area contributed by atoms with Crippen LogP contribution < -0.4 is 20.9 Å². The molecule has 0 aliphatic carbocycles. The molecule has 2 atom stereocenters. The number of hydrogen-bond acceptors (Lipinski definition) is 4. The molecule has 2 aromatic rings. The molecule has 2 aliphatic rings. The Morgan fingerprint density at radius 1 is 1.32 bits per heavy atom. The van der Waals surface area contributed by atoms with E-state index in [2.05, 4.69) is 21.0 Å². The van der Waals surface area contributed by atoms with Crippen LogP contribution in [-0.2, 0) is 18.3 Å². The van der Waals surface area contributed by atoms with Gasteiger partial charge in [0.15, 0.2) is 0 Å². The van der Waals surface area contributed by atoms with E-state index in [9.17, 15) is 9.59 Å². The van der Waals surface area contributed by atoms with E-state index in [1.165, 1.54) is 0 Å². The van der Waals surface area contributed by atoms with Crippen molar-refractivity contribution in [1.29, 1.82) is 0 Å². The van der Waals surface area contributed by atoms with E-state index in [0.717, 1.165) is 35.5 Å². The van der Waals surface area contributed by atoms with Gasteiger partial charge >= 0.3 is 6.03 Å². The van der Waals surface area contributed by atoms with Gasteiger partial charge in [-0.2, -0.15) is 5.10 Å². The first-order valence-electron chi connectivity index (χ1n) is 9.75. The predicted octanol–water partition coefficient (Wildman–Crippen LogP) is 1.45. The van der Waals surface area contributed by atoms with Crippen molar-refractivity contribution < 1.29 is 9.59 Å². The average molecular weight is 382 g/mol. The third kappa shape index (κ3) is 3.47. The standard InChI is InChI=1S/C20H26N6O2/c1-3-22-20(28)26-7-6-13-4-5-15(8-18(13)26)24-19(27)17-11-21-10-16(17)14-9-23-25(2)12-14/h4-5,8-9,12,16-17,21H,3,6-7,10-11H2,1-2H3,(H,22,28)(H,24,27)/t16-,17+/m1/s1. The minimum atomic E-state index is -0.156. The van der Waals surface area contributed by atoms with Gasteiger partial charge in [0.25, 0.3) is 0 Å². The number of benzene rings is 1. The zero-order valence-corrected chi connectivity index (χ0v) is 16.2. The van der Waals surface area contributed by atoms with Gasteiger partial charge in [0.05, 0.1) is 17.8 Å². The first-order valence-corrected chi connectivity index (χ1v) is 9.75. The number of rotatable bonds is 4. The highest BCUT2D eigenvalue weighted by Crippen LogP contribution is 2.32. The maximum Gasteiger partial charge on any atom is 0.321 e. The number of fused-ring (bicyclic) bond motifs is 1. The van der Waals surface area contributed by atoms with E-state index in [1.807, 2.05) is 44.6 Å². The van der Waals surface area contributed by atoms with Crippen molar-refractivity contribution in [3.8, 4) is 0 Å². The first-order chi connectivity index (χ1) is 13.6. The number of carbonyl (C=O) groups is 2. The number of amides is 3. The normalized spacial score (nSPS) is 20.9. The molecule has 1 saturated heterocycles. The third-order valence-electron chi connectivity index (χ3n) is 5.53. The molecule has 8 nitrogen and oxygen atoms in total. The summed E-state index contributed by atoms with van der Waals surface area (Å²) in [7, 11) is 1.88. The zero-order chi connectivity index (χ0) is 19.7. The van der Waals surface area contributed by atoms with Gasteiger partial charge in [-0.15, -0.1) is 0 Å². The molecule has 1 fully saturated rings. The SMILES string of the molecule is CCNC(=O)N1CCc2ccc(NC(=O)[C@H]3CNC[C@@H]3c3cnn(C)c3)cc21. The highest BCUT2D eigenvalue weighted by Gasteiger charge is 2.35. The lowest BCUT2D eigenvalue weighted by atomic mass is 9.90. The van der Waals surface area contributed by atoms with Gasteiger partial charge < -0.3 is 16.0 Å². The summed E-state index contributed by atoms with van der Waals surface area (Å²) in [4.78, 5) is 27.0. The van der Waals surface area contributed by atoms with E-state index in [0.29, 0.717) is 19.6 Å². The molecule has 1 aromatic carbocycles. The number of anilines is 2. The van der Waals surface area contributed by atoms with Gasteiger partial charge in [-0.1, -0.05) is 6.07 Å². The lowest BCUT2D eigenvalue weighted by molar-refractivity contribution is -0.119. The molecule has 0 spiro atoms. The van der Waals surface area contributed by atoms with Crippen LogP contribution in [0.5, 0.6) is 0 Å². The Morgan fingerprint density at radius 2 is 2.18 bits per heavy atom. The second kappa shape index (κ2) is 7.63. The van der Waals surface area contributed by atoms with E-state index in [1.54, 1.807) is 9.58 Å². The summed E-state index contributed by atoms with van der Waals surface area (Å²) in [6, 6.07) is 5.72. The van der Waals surface area contributed by atoms with Crippen LogP contribution in [0.1, 0.15) is 24.0 Å². The van der Waals surface area contributed by atoms with E-state index < -0.39 is 0 Å². The van der Waals surface area contributed by atoms with E-state index in [-0.39, 0.29) is 23.8 Å². The molecule has 3 heterocycles. The van der Waals surface area contributed by atoms with Gasteiger partial charge in [0, 0.05) is 51.0 Å². The highest BCUT2D eigenvalue weighted by molar-refractivity contribution is 5.97. The number of urea groups is 1. The molecule has 3 N–H and O–H groups in total. The molecule has 2 aliphatic heterocycles. The Hall–Kier alpha value is -2.87. The number of hydrogen-bond donors (Lipinski definition) is 3. The summed E-state index contributed by atoms with van der Waals surface area (Å²) < 4.78 is 1.76. The van der Waals surface area contributed by atoms with E-state index >= 15 is 0 Å². The molecule has 0 bridgehead atoms. The number of aromatic nitrogens is 2. The van der Waals surface area contributed by atoms with Crippen LogP contribution in [0.4, 0.5) is 16.2 Å². The Labute approximate surface area is 164 Å². The second-order valence-corrected chi connectivity index (χ2v) is 7.39. The number of nitrogens with zero attached hydrogens (tertiary/aromatic N) is 3. The summed E-state index contributed by atoms with van der Waals surface area (Å²) in [5.41, 5.74) is 3.79. The van der Waals surface area contributed by atoms with Gasteiger partial charge in [-0.25, -0.2) is 4.79 Å². The number of nitrogens with one attached hydrogen (secondary N) is 3. The lowest BCUT2D eigenvalue weighted by Gasteiger charge is -2.20. The summed E-state index contributed by atoms with van der Waals surface area (Å²) >= 11 is 0. The van der Waals surface area contributed by atoms with Crippen molar-refractivity contribution in [1.82, 2.24) is 20.4 Å². The van der Waals surface area contributed by atoms with Crippen molar-refractivity contribution in [2.45, 2.75) is 19.3 Å². The maximum atomic E-state index is 13.0. The average Bonchev–Trinajstić information content (AvgIpc) is 3.40. The van der Waals surface area contributed by atoms with E-state index in [4.69, 9.17) is 0 Å². The molecule has 1 aromatic heterocycles. The molecule has 8 heteroatoms. The summed E-state index contributed by atoms with van der Waals surface area (Å²) in [6.45, 7) is 4.56. The van der Waals surface area contributed by atoms with Crippen molar-refractivity contribution in [3.63, 3.8) is 0 Å². The van der Waals surface area contributed by atoms with Crippen LogP contribution in [0.2, 0.25) is 0 Å². The number of carbonyl (C=O) groups excluding carboxylic acids is 2. The first kappa shape index (κ1) is 18.5. The molecular weight excluding hydrogens is 356 g/mol. The molecular formula is C20H26N6O2. The molecule has 148 valence electrons. The topological polar surface area (TPSA) is 91.3 Å². The Balaban J connectivity index is 1.49. The predicted molar refractivity (Wildman–Crippen MR) is 108 cm³/mol. The highest BCUT2D eigenvalue weighted by atomic mass is 16.2. The minimum absolute atomic E-state index is 0.0126. The van der Waals surface area contributed by atoms with Gasteiger partial charge in [0.2, 0.25) is 5.91 Å². The quantitative estimate of drug-likeness (QED) is 0.747. The maximum absolute atomic E-state index is 13.0. The smallest absolute Gasteiger partial charge is 0.321 e. The van der Waals surface area contributed by atoms with Crippen LogP contribution in [0.3, 0.4) is 0 Å². The summed E-state index contributed by atoms with van der Waals surface area (Å²) in [5.74, 6) is -0.0618. The van der Waals surface area contributed by atoms with Crippen LogP contribution in [0, 0.1) is 5.92 Å². The Bertz CT molecular complexity index is 893. The van der Waals surface area contributed by atoms with Crippen molar-refractivity contribution >= 4 is 23.3 Å². The monoisotopic (exact) mass is 382 g/mol. The minimum Gasteiger partial charge on any atom is -0.338 e. The summed E-state index contributed by atoms with van der Waals surface area (Å²) in [5, 5.41) is 13.4. The Morgan fingerprint density at radius 3 is 2.93 bits per heavy atom. The third-order valence-corrected chi connectivity index (χ3v) is 5.53. The zero-order valence-electron chi connectivity index (χ0n) is 16.2. The van der Waals surface area contributed by atoms with Crippen molar-refractivity contribution in [2.75, 3.05) is 36.4 Å². The fraction of sp³-hybridized carbons (Fsp3) is 0.450. The molecule has 0 unspecified atom stereocenters. The molecule has 4 rings (SSSR count). The van der Waals surface area contributed by atoms with Crippen molar-refractivity contribution in [3.05, 3.63) is 41.7 Å². The largest absolute Gasteiger partial charge is 0.338 e. The summed E-state index contributed by atoms with van der Waals surface area (Å²) in [6.07, 6.45) is 4.63. The molecule has 28 heavy (non-hydrogen) atoms. The Kier molecular flexibility index (Phi) is 5.04. The van der Waals surface area contributed by atoms with Crippen LogP contribution in [-0.4, -0.2) is 47.9 Å².